The van der Waals surface area contributed by atoms with Gasteiger partial charge < -0.3 is 0 Å². The van der Waals surface area contributed by atoms with E-state index in [0.717, 1.165) is 0 Å². The molecule has 0 heterocycles. The van der Waals surface area contributed by atoms with E-state index >= 15 is 0 Å². The number of hydrogen-bond donors (Lipinski definition) is 0. The molecule has 0 nitrogen and oxygen atoms in total. The zero-order valence-corrected chi connectivity index (χ0v) is 17.4. The second-order valence-corrected chi connectivity index (χ2v) is 12.4. The van der Waals surface area contributed by atoms with Gasteiger partial charge in [-0.25, -0.2) is 0 Å². The molecule has 0 aromatic heterocycles. The SMILES string of the molecule is CCC[Si](CCC)(C1C=Cc2ccccc21)C1C=Cc2ccccc21.[Li+]. The van der Waals surface area contributed by atoms with Crippen molar-refractivity contribution in [3.63, 3.8) is 0 Å². The van der Waals surface area contributed by atoms with Gasteiger partial charge in [-0.3, -0.25) is 0 Å². The molecular weight excluding hydrogens is 323 g/mol. The van der Waals surface area contributed by atoms with Crippen molar-refractivity contribution in [3.05, 3.63) is 82.9 Å². The van der Waals surface area contributed by atoms with Gasteiger partial charge in [0, 0.05) is 0 Å². The predicted octanol–water partition coefficient (Wildman–Crippen LogP) is 3.96. The van der Waals surface area contributed by atoms with Crippen molar-refractivity contribution >= 4 is 20.2 Å². The van der Waals surface area contributed by atoms with Crippen LogP contribution in [0.3, 0.4) is 0 Å². The fourth-order valence-corrected chi connectivity index (χ4v) is 11.8. The maximum atomic E-state index is 2.55. The molecule has 0 saturated heterocycles. The van der Waals surface area contributed by atoms with Crippen LogP contribution in [0.1, 0.15) is 60.0 Å². The summed E-state index contributed by atoms with van der Waals surface area (Å²) in [5.74, 6) is 0. The van der Waals surface area contributed by atoms with E-state index in [0.29, 0.717) is 11.1 Å². The molecule has 2 aliphatic carbocycles. The van der Waals surface area contributed by atoms with Crippen molar-refractivity contribution in [1.82, 2.24) is 0 Å². The second kappa shape index (κ2) is 8.18. The Morgan fingerprint density at radius 2 is 1.12 bits per heavy atom. The smallest absolute Gasteiger partial charge is 0.0791 e. The molecule has 0 amide bonds. The van der Waals surface area contributed by atoms with Crippen LogP contribution < -0.4 is 18.9 Å². The average Bonchev–Trinajstić information content (AvgIpc) is 3.26. The maximum Gasteiger partial charge on any atom is 1.00 e. The average molecular weight is 352 g/mol. The Bertz CT molecular complexity index is 751. The molecule has 128 valence electrons. The summed E-state index contributed by atoms with van der Waals surface area (Å²) in [5, 5.41) is 0. The molecule has 0 radical (unpaired) electrons. The van der Waals surface area contributed by atoms with Crippen LogP contribution in [0.2, 0.25) is 12.1 Å². The summed E-state index contributed by atoms with van der Waals surface area (Å²) >= 11 is 0. The third-order valence-corrected chi connectivity index (χ3v) is 12.6. The van der Waals surface area contributed by atoms with E-state index in [2.05, 4.69) is 86.7 Å². The van der Waals surface area contributed by atoms with Crippen molar-refractivity contribution in [2.24, 2.45) is 0 Å². The van der Waals surface area contributed by atoms with E-state index in [-0.39, 0.29) is 18.9 Å². The fraction of sp³-hybridized carbons (Fsp3) is 0.333. The van der Waals surface area contributed by atoms with E-state index in [9.17, 15) is 0 Å². The number of benzene rings is 2. The molecule has 0 N–H and O–H groups in total. The Balaban J connectivity index is 0.00000196. The summed E-state index contributed by atoms with van der Waals surface area (Å²) in [6, 6.07) is 21.0. The molecule has 2 atom stereocenters. The van der Waals surface area contributed by atoms with E-state index in [1.807, 2.05) is 0 Å². The zero-order chi connectivity index (χ0) is 17.3. The van der Waals surface area contributed by atoms with Gasteiger partial charge in [-0.1, -0.05) is 112 Å². The van der Waals surface area contributed by atoms with Crippen molar-refractivity contribution in [1.29, 1.82) is 0 Å². The van der Waals surface area contributed by atoms with Crippen LogP contribution in [-0.4, -0.2) is 8.07 Å². The minimum Gasteiger partial charge on any atom is -0.0791 e. The third kappa shape index (κ3) is 3.11. The van der Waals surface area contributed by atoms with Crippen molar-refractivity contribution in [2.45, 2.75) is 49.9 Å². The minimum atomic E-state index is -1.61. The Labute approximate surface area is 171 Å². The van der Waals surface area contributed by atoms with Gasteiger partial charge in [0.25, 0.3) is 0 Å². The number of hydrogen-bond acceptors (Lipinski definition) is 0. The molecule has 2 unspecified atom stereocenters. The molecular formula is C24H28LiSi+. The number of rotatable bonds is 6. The first-order valence-electron chi connectivity index (χ1n) is 9.84. The summed E-state index contributed by atoms with van der Waals surface area (Å²) in [7, 11) is -1.61. The van der Waals surface area contributed by atoms with Crippen molar-refractivity contribution < 1.29 is 18.9 Å². The van der Waals surface area contributed by atoms with Gasteiger partial charge in [0.1, 0.15) is 0 Å². The van der Waals surface area contributed by atoms with Gasteiger partial charge in [0.15, 0.2) is 0 Å². The first kappa shape index (κ1) is 19.5. The molecule has 4 rings (SSSR count). The van der Waals surface area contributed by atoms with Crippen LogP contribution in [0.4, 0.5) is 0 Å². The van der Waals surface area contributed by atoms with Crippen LogP contribution in [0.25, 0.3) is 12.2 Å². The normalized spacial score (nSPS) is 19.9. The molecule has 0 bridgehead atoms. The van der Waals surface area contributed by atoms with E-state index in [1.165, 1.54) is 36.1 Å². The van der Waals surface area contributed by atoms with Gasteiger partial charge in [0.2, 0.25) is 0 Å². The Kier molecular flexibility index (Phi) is 6.13. The van der Waals surface area contributed by atoms with E-state index in [1.54, 1.807) is 11.1 Å². The Morgan fingerprint density at radius 3 is 1.54 bits per heavy atom. The van der Waals surface area contributed by atoms with Gasteiger partial charge in [-0.2, -0.15) is 0 Å². The predicted molar refractivity (Wildman–Crippen MR) is 112 cm³/mol. The molecule has 2 aliphatic rings. The summed E-state index contributed by atoms with van der Waals surface area (Å²) in [5.41, 5.74) is 7.40. The quantitative estimate of drug-likeness (QED) is 0.691. The van der Waals surface area contributed by atoms with Gasteiger partial charge in [-0.15, -0.1) is 0 Å². The molecule has 0 aliphatic heterocycles. The summed E-state index contributed by atoms with van der Waals surface area (Å²) in [6.45, 7) is 4.76. The second-order valence-electron chi connectivity index (χ2n) is 7.66. The molecule has 26 heavy (non-hydrogen) atoms. The fourth-order valence-electron chi connectivity index (χ4n) is 5.37. The standard InChI is InChI=1S/C24H28Si.Li/c1-3-17-25(18-4-2,23-15-13-19-9-5-7-11-21(19)23)24-16-14-20-10-6-8-12-22(20)24;/h5-16,23-24H,3-4,17-18H2,1-2H3;/q;+1. The molecule has 0 saturated carbocycles. The van der Waals surface area contributed by atoms with Gasteiger partial charge >= 0.3 is 18.9 Å². The Morgan fingerprint density at radius 1 is 0.692 bits per heavy atom. The van der Waals surface area contributed by atoms with Crippen molar-refractivity contribution in [3.8, 4) is 0 Å². The molecule has 0 spiro atoms. The van der Waals surface area contributed by atoms with Gasteiger partial charge in [0.05, 0.1) is 8.07 Å². The maximum absolute atomic E-state index is 2.55. The zero-order valence-electron chi connectivity index (χ0n) is 16.4. The van der Waals surface area contributed by atoms with Crippen LogP contribution >= 0.6 is 0 Å². The summed E-state index contributed by atoms with van der Waals surface area (Å²) in [4.78, 5) is 0. The van der Waals surface area contributed by atoms with E-state index < -0.39 is 8.07 Å². The van der Waals surface area contributed by atoms with Crippen LogP contribution in [0.15, 0.2) is 60.7 Å². The summed E-state index contributed by atoms with van der Waals surface area (Å²) < 4.78 is 0. The molecule has 2 aromatic rings. The number of allylic oxidation sites excluding steroid dienone is 2. The summed E-state index contributed by atoms with van der Waals surface area (Å²) in [6.07, 6.45) is 12.5. The topological polar surface area (TPSA) is 0 Å². The molecule has 2 aromatic carbocycles. The van der Waals surface area contributed by atoms with E-state index in [4.69, 9.17) is 0 Å². The van der Waals surface area contributed by atoms with Crippen molar-refractivity contribution in [2.75, 3.05) is 0 Å². The Hall–Kier alpha value is -1.27. The third-order valence-electron chi connectivity index (χ3n) is 6.27. The molecule has 2 heteroatoms. The number of fused-ring (bicyclic) bond motifs is 2. The van der Waals surface area contributed by atoms with Crippen LogP contribution in [-0.2, 0) is 0 Å². The van der Waals surface area contributed by atoms with Crippen LogP contribution in [0, 0.1) is 0 Å². The first-order valence-corrected chi connectivity index (χ1v) is 12.4. The molecule has 0 fully saturated rings. The van der Waals surface area contributed by atoms with Gasteiger partial charge in [-0.05, 0) is 33.3 Å². The first-order chi connectivity index (χ1) is 12.3. The monoisotopic (exact) mass is 351 g/mol. The van der Waals surface area contributed by atoms with Crippen LogP contribution in [0.5, 0.6) is 0 Å². The minimum absolute atomic E-state index is 0. The largest absolute Gasteiger partial charge is 1.00 e.